The van der Waals surface area contributed by atoms with Crippen molar-refractivity contribution in [1.29, 1.82) is 0 Å². The monoisotopic (exact) mass is 300 g/mol. The van der Waals surface area contributed by atoms with Gasteiger partial charge in [0.25, 0.3) is 0 Å². The molecule has 1 aliphatic carbocycles. The zero-order valence-electron chi connectivity index (χ0n) is 11.8. The first-order valence-corrected chi connectivity index (χ1v) is 6.63. The van der Waals surface area contributed by atoms with Crippen molar-refractivity contribution >= 4 is 0 Å². The fourth-order valence-corrected chi connectivity index (χ4v) is 2.81. The molecule has 0 saturated heterocycles. The number of benzene rings is 1. The fraction of sp³-hybridized carbons (Fsp3) is 0.625. The van der Waals surface area contributed by atoms with Crippen LogP contribution in [0.2, 0.25) is 0 Å². The van der Waals surface area contributed by atoms with E-state index in [9.17, 15) is 0 Å². The molecule has 2 rings (SSSR count). The standard InChI is InChI=1S/C16H23.Rb/c1-12-7-9-15(10-8-12)11-16-6-4-5-13(2)14(16)3;/h4,6,12,15H,7-11H2,1-3H3;/q-1;+1. The van der Waals surface area contributed by atoms with E-state index in [2.05, 4.69) is 39.0 Å². The molecule has 0 amide bonds. The van der Waals surface area contributed by atoms with E-state index in [0.29, 0.717) is 0 Å². The average Bonchev–Trinajstić information content (AvgIpc) is 2.28. The minimum atomic E-state index is 0. The molecule has 0 aliphatic heterocycles. The van der Waals surface area contributed by atoms with Gasteiger partial charge >= 0.3 is 58.2 Å². The molecule has 1 aliphatic rings. The van der Waals surface area contributed by atoms with E-state index in [4.69, 9.17) is 0 Å². The summed E-state index contributed by atoms with van der Waals surface area (Å²) in [6, 6.07) is 7.63. The number of aryl methyl sites for hydroxylation is 1. The van der Waals surface area contributed by atoms with Gasteiger partial charge in [0.2, 0.25) is 0 Å². The molecule has 0 spiro atoms. The number of rotatable bonds is 2. The molecule has 0 atom stereocenters. The van der Waals surface area contributed by atoms with Crippen LogP contribution >= 0.6 is 0 Å². The molecule has 88 valence electrons. The van der Waals surface area contributed by atoms with Gasteiger partial charge in [-0.1, -0.05) is 33.6 Å². The van der Waals surface area contributed by atoms with E-state index in [1.165, 1.54) is 43.2 Å². The first-order valence-electron chi connectivity index (χ1n) is 6.63. The predicted octanol–water partition coefficient (Wildman–Crippen LogP) is 1.48. The van der Waals surface area contributed by atoms with Crippen LogP contribution in [0.4, 0.5) is 0 Å². The smallest absolute Gasteiger partial charge is 0.180 e. The Morgan fingerprint density at radius 3 is 2.47 bits per heavy atom. The second-order valence-corrected chi connectivity index (χ2v) is 5.58. The van der Waals surface area contributed by atoms with Crippen molar-refractivity contribution in [2.45, 2.75) is 52.9 Å². The Kier molecular flexibility index (Phi) is 7.17. The van der Waals surface area contributed by atoms with E-state index in [0.717, 1.165) is 11.8 Å². The SMILES string of the molecule is Cc1[c-]ccc(CC2CCC(C)CC2)c1C.[Rb+]. The first-order chi connectivity index (χ1) is 7.66. The zero-order valence-corrected chi connectivity index (χ0v) is 16.8. The molecule has 0 bridgehead atoms. The van der Waals surface area contributed by atoms with Crippen molar-refractivity contribution < 1.29 is 58.2 Å². The Balaban J connectivity index is 0.00000144. The molecule has 0 unspecified atom stereocenters. The fourth-order valence-electron chi connectivity index (χ4n) is 2.81. The third kappa shape index (κ3) is 4.56. The van der Waals surface area contributed by atoms with Gasteiger partial charge in [-0.2, -0.15) is 34.9 Å². The van der Waals surface area contributed by atoms with Crippen molar-refractivity contribution in [1.82, 2.24) is 0 Å². The summed E-state index contributed by atoms with van der Waals surface area (Å²) in [6.45, 7) is 6.80. The summed E-state index contributed by atoms with van der Waals surface area (Å²) in [5.74, 6) is 1.89. The summed E-state index contributed by atoms with van der Waals surface area (Å²) >= 11 is 0. The second-order valence-electron chi connectivity index (χ2n) is 5.58. The van der Waals surface area contributed by atoms with Crippen LogP contribution in [0, 0.1) is 31.7 Å². The van der Waals surface area contributed by atoms with E-state index < -0.39 is 0 Å². The normalized spacial score (nSPS) is 24.2. The van der Waals surface area contributed by atoms with Crippen LogP contribution < -0.4 is 58.2 Å². The van der Waals surface area contributed by atoms with E-state index in [1.807, 2.05) is 0 Å². The molecule has 0 heterocycles. The minimum Gasteiger partial charge on any atom is -0.180 e. The van der Waals surface area contributed by atoms with Gasteiger partial charge in [0, 0.05) is 0 Å². The summed E-state index contributed by atoms with van der Waals surface area (Å²) in [4.78, 5) is 0. The Morgan fingerprint density at radius 2 is 1.82 bits per heavy atom. The average molecular weight is 301 g/mol. The largest absolute Gasteiger partial charge is 1.00 e. The van der Waals surface area contributed by atoms with Crippen LogP contribution in [0.15, 0.2) is 12.1 Å². The van der Waals surface area contributed by atoms with E-state index >= 15 is 0 Å². The molecule has 1 saturated carbocycles. The minimum absolute atomic E-state index is 0. The summed E-state index contributed by atoms with van der Waals surface area (Å²) in [5.41, 5.74) is 4.33. The third-order valence-electron chi connectivity index (χ3n) is 4.27. The molecule has 0 nitrogen and oxygen atoms in total. The first kappa shape index (κ1) is 16.1. The van der Waals surface area contributed by atoms with Crippen LogP contribution in [-0.2, 0) is 6.42 Å². The Morgan fingerprint density at radius 1 is 1.18 bits per heavy atom. The van der Waals surface area contributed by atoms with Crippen LogP contribution in [0.3, 0.4) is 0 Å². The Bertz CT molecular complexity index is 349. The zero-order chi connectivity index (χ0) is 11.5. The molecule has 1 aromatic carbocycles. The van der Waals surface area contributed by atoms with Gasteiger partial charge in [-0.3, -0.25) is 0 Å². The van der Waals surface area contributed by atoms with Crippen molar-refractivity contribution in [3.8, 4) is 0 Å². The van der Waals surface area contributed by atoms with E-state index in [-0.39, 0.29) is 58.2 Å². The van der Waals surface area contributed by atoms with Crippen LogP contribution in [0.5, 0.6) is 0 Å². The summed E-state index contributed by atoms with van der Waals surface area (Å²) in [6.07, 6.45) is 7.01. The molecule has 1 fully saturated rings. The Hall–Kier alpha value is 1.03. The van der Waals surface area contributed by atoms with Crippen molar-refractivity contribution in [3.63, 3.8) is 0 Å². The van der Waals surface area contributed by atoms with Crippen molar-refractivity contribution in [2.75, 3.05) is 0 Å². The molecule has 0 aromatic heterocycles. The molecular weight excluding hydrogens is 278 g/mol. The van der Waals surface area contributed by atoms with Gasteiger partial charge in [0.15, 0.2) is 0 Å². The van der Waals surface area contributed by atoms with Gasteiger partial charge in [-0.25, -0.2) is 0 Å². The molecule has 1 aromatic rings. The maximum atomic E-state index is 3.28. The van der Waals surface area contributed by atoms with Gasteiger partial charge < -0.3 is 0 Å². The molecular formula is C16H23Rb. The summed E-state index contributed by atoms with van der Waals surface area (Å²) in [7, 11) is 0. The number of hydrogen-bond donors (Lipinski definition) is 0. The van der Waals surface area contributed by atoms with Gasteiger partial charge in [-0.05, 0) is 31.1 Å². The quantitative estimate of drug-likeness (QED) is 0.726. The van der Waals surface area contributed by atoms with Gasteiger partial charge in [-0.15, -0.1) is 0 Å². The molecule has 0 N–H and O–H groups in total. The maximum absolute atomic E-state index is 3.28. The maximum Gasteiger partial charge on any atom is 1.00 e. The summed E-state index contributed by atoms with van der Waals surface area (Å²) < 4.78 is 0. The van der Waals surface area contributed by atoms with Crippen LogP contribution in [0.25, 0.3) is 0 Å². The Labute approximate surface area is 155 Å². The topological polar surface area (TPSA) is 0 Å². The van der Waals surface area contributed by atoms with Crippen molar-refractivity contribution in [3.05, 3.63) is 34.9 Å². The van der Waals surface area contributed by atoms with Crippen molar-refractivity contribution in [2.24, 2.45) is 11.8 Å². The van der Waals surface area contributed by atoms with E-state index in [1.54, 1.807) is 5.56 Å². The predicted molar refractivity (Wildman–Crippen MR) is 69.6 cm³/mol. The second kappa shape index (κ2) is 7.57. The third-order valence-corrected chi connectivity index (χ3v) is 4.27. The molecule has 0 radical (unpaired) electrons. The molecule has 1 heteroatoms. The van der Waals surface area contributed by atoms with Crippen LogP contribution in [-0.4, -0.2) is 0 Å². The molecule has 17 heavy (non-hydrogen) atoms. The van der Waals surface area contributed by atoms with Crippen LogP contribution in [0.1, 0.15) is 49.3 Å². The van der Waals surface area contributed by atoms with Gasteiger partial charge in [0.1, 0.15) is 0 Å². The summed E-state index contributed by atoms with van der Waals surface area (Å²) in [5, 5.41) is 0. The number of hydrogen-bond acceptors (Lipinski definition) is 0. The van der Waals surface area contributed by atoms with Gasteiger partial charge in [0.05, 0.1) is 0 Å².